The third kappa shape index (κ3) is 4.32. The monoisotopic (exact) mass is 489 g/mol. The molecular formula is C28H31N3O5. The number of piperidine rings is 1. The largest absolute Gasteiger partial charge is 0.493 e. The summed E-state index contributed by atoms with van der Waals surface area (Å²) in [6.45, 7) is 1.94. The molecule has 2 aromatic carbocycles. The van der Waals surface area contributed by atoms with E-state index in [1.165, 1.54) is 0 Å². The molecule has 0 radical (unpaired) electrons. The molecular weight excluding hydrogens is 458 g/mol. The molecule has 0 saturated carbocycles. The SMILES string of the molecule is COc1cc(Cn2ccnc2C2CCN(C(=O)C3CC(=O)c4ccccc43)CC2)cc(OC)c1OC. The van der Waals surface area contributed by atoms with Crippen molar-refractivity contribution < 1.29 is 23.8 Å². The summed E-state index contributed by atoms with van der Waals surface area (Å²) >= 11 is 0. The second-order valence-electron chi connectivity index (χ2n) is 9.31. The smallest absolute Gasteiger partial charge is 0.230 e. The second-order valence-corrected chi connectivity index (χ2v) is 9.31. The number of imidazole rings is 1. The Labute approximate surface area is 210 Å². The first-order valence-electron chi connectivity index (χ1n) is 12.2. The molecule has 0 N–H and O–H groups in total. The molecule has 2 heterocycles. The number of ether oxygens (including phenoxy) is 3. The lowest BCUT2D eigenvalue weighted by atomic mass is 9.93. The lowest BCUT2D eigenvalue weighted by Gasteiger charge is -2.33. The van der Waals surface area contributed by atoms with E-state index in [0.717, 1.165) is 29.8 Å². The maximum atomic E-state index is 13.3. The van der Waals surface area contributed by atoms with Gasteiger partial charge in [-0.15, -0.1) is 0 Å². The Kier molecular flexibility index (Phi) is 6.67. The van der Waals surface area contributed by atoms with Gasteiger partial charge in [0.15, 0.2) is 17.3 Å². The topological polar surface area (TPSA) is 82.9 Å². The van der Waals surface area contributed by atoms with Gasteiger partial charge in [-0.3, -0.25) is 9.59 Å². The maximum Gasteiger partial charge on any atom is 0.230 e. The predicted octanol–water partition coefficient (Wildman–Crippen LogP) is 4.03. The van der Waals surface area contributed by atoms with E-state index in [4.69, 9.17) is 14.2 Å². The zero-order valence-electron chi connectivity index (χ0n) is 20.9. The number of carbonyl (C=O) groups excluding carboxylic acids is 2. The quantitative estimate of drug-likeness (QED) is 0.498. The van der Waals surface area contributed by atoms with Gasteiger partial charge >= 0.3 is 0 Å². The summed E-state index contributed by atoms with van der Waals surface area (Å²) in [6, 6.07) is 11.4. The fraction of sp³-hybridized carbons (Fsp3) is 0.393. The number of benzene rings is 2. The number of Topliss-reactive ketones (excluding diaryl/α,β-unsaturated/α-hetero) is 1. The minimum atomic E-state index is -0.354. The molecule has 1 aliphatic carbocycles. The van der Waals surface area contributed by atoms with Crippen LogP contribution < -0.4 is 14.2 Å². The van der Waals surface area contributed by atoms with Crippen molar-refractivity contribution in [2.75, 3.05) is 34.4 Å². The third-order valence-corrected chi connectivity index (χ3v) is 7.32. The molecule has 1 atom stereocenters. The van der Waals surface area contributed by atoms with Crippen LogP contribution in [0.5, 0.6) is 17.2 Å². The summed E-state index contributed by atoms with van der Waals surface area (Å²) in [4.78, 5) is 32.3. The molecule has 0 bridgehead atoms. The Bertz CT molecular complexity index is 1250. The number of hydrogen-bond acceptors (Lipinski definition) is 6. The molecule has 1 unspecified atom stereocenters. The zero-order chi connectivity index (χ0) is 25.2. The van der Waals surface area contributed by atoms with Crippen molar-refractivity contribution in [1.82, 2.24) is 14.5 Å². The van der Waals surface area contributed by atoms with Crippen molar-refractivity contribution >= 4 is 11.7 Å². The summed E-state index contributed by atoms with van der Waals surface area (Å²) < 4.78 is 18.6. The Balaban J connectivity index is 1.27. The Hall–Kier alpha value is -3.81. The van der Waals surface area contributed by atoms with Gasteiger partial charge in [0.25, 0.3) is 0 Å². The van der Waals surface area contributed by atoms with Gasteiger partial charge in [-0.1, -0.05) is 24.3 Å². The van der Waals surface area contributed by atoms with Crippen molar-refractivity contribution in [2.24, 2.45) is 0 Å². The van der Waals surface area contributed by atoms with Gasteiger partial charge in [-0.05, 0) is 36.1 Å². The number of hydrogen-bond donors (Lipinski definition) is 0. The van der Waals surface area contributed by atoms with Gasteiger partial charge in [0, 0.05) is 49.9 Å². The highest BCUT2D eigenvalue weighted by molar-refractivity contribution is 6.06. The lowest BCUT2D eigenvalue weighted by molar-refractivity contribution is -0.133. The molecule has 1 amide bonds. The first-order valence-corrected chi connectivity index (χ1v) is 12.2. The fourth-order valence-electron chi connectivity index (χ4n) is 5.50. The van der Waals surface area contributed by atoms with E-state index in [1.807, 2.05) is 53.7 Å². The molecule has 5 rings (SSSR count). The normalized spacial score (nSPS) is 17.7. The maximum absolute atomic E-state index is 13.3. The molecule has 1 aromatic heterocycles. The van der Waals surface area contributed by atoms with Crippen LogP contribution in [0.15, 0.2) is 48.8 Å². The van der Waals surface area contributed by atoms with Crippen LogP contribution in [0.2, 0.25) is 0 Å². The minimum absolute atomic E-state index is 0.0625. The third-order valence-electron chi connectivity index (χ3n) is 7.32. The first kappa shape index (κ1) is 23.9. The fourth-order valence-corrected chi connectivity index (χ4v) is 5.50. The summed E-state index contributed by atoms with van der Waals surface area (Å²) in [6.07, 6.45) is 5.75. The predicted molar refractivity (Wildman–Crippen MR) is 134 cm³/mol. The van der Waals surface area contributed by atoms with Crippen LogP contribution in [0.1, 0.15) is 58.4 Å². The molecule has 2 aliphatic rings. The van der Waals surface area contributed by atoms with Crippen LogP contribution in [-0.2, 0) is 11.3 Å². The highest BCUT2D eigenvalue weighted by Crippen LogP contribution is 2.39. The van der Waals surface area contributed by atoms with Crippen molar-refractivity contribution in [3.05, 3.63) is 71.3 Å². The van der Waals surface area contributed by atoms with E-state index in [-0.39, 0.29) is 29.9 Å². The summed E-state index contributed by atoms with van der Waals surface area (Å²) in [5.41, 5.74) is 2.58. The number of ketones is 1. The van der Waals surface area contributed by atoms with Crippen molar-refractivity contribution in [2.45, 2.75) is 37.6 Å². The molecule has 0 spiro atoms. The van der Waals surface area contributed by atoms with Crippen molar-refractivity contribution in [1.29, 1.82) is 0 Å². The number of nitrogens with zero attached hydrogens (tertiary/aromatic N) is 3. The number of aromatic nitrogens is 2. The number of likely N-dealkylation sites (tertiary alicyclic amines) is 1. The van der Waals surface area contributed by atoms with E-state index in [1.54, 1.807) is 21.3 Å². The van der Waals surface area contributed by atoms with Crippen molar-refractivity contribution in [3.63, 3.8) is 0 Å². The highest BCUT2D eigenvalue weighted by atomic mass is 16.5. The van der Waals surface area contributed by atoms with Crippen LogP contribution >= 0.6 is 0 Å². The molecule has 36 heavy (non-hydrogen) atoms. The van der Waals surface area contributed by atoms with Crippen LogP contribution in [0.25, 0.3) is 0 Å². The van der Waals surface area contributed by atoms with E-state index < -0.39 is 0 Å². The van der Waals surface area contributed by atoms with E-state index in [0.29, 0.717) is 42.4 Å². The van der Waals surface area contributed by atoms with Gasteiger partial charge in [0.05, 0.1) is 27.2 Å². The van der Waals surface area contributed by atoms with E-state index in [9.17, 15) is 9.59 Å². The average Bonchev–Trinajstić information content (AvgIpc) is 3.52. The Morgan fingerprint density at radius 1 is 1.03 bits per heavy atom. The first-order chi connectivity index (χ1) is 17.5. The second kappa shape index (κ2) is 10.0. The highest BCUT2D eigenvalue weighted by Gasteiger charge is 2.37. The molecule has 1 aliphatic heterocycles. The van der Waals surface area contributed by atoms with Crippen LogP contribution in [0, 0.1) is 0 Å². The summed E-state index contributed by atoms with van der Waals surface area (Å²) in [5, 5.41) is 0. The van der Waals surface area contributed by atoms with Crippen LogP contribution in [0.4, 0.5) is 0 Å². The molecule has 1 saturated heterocycles. The average molecular weight is 490 g/mol. The summed E-state index contributed by atoms with van der Waals surface area (Å²) in [7, 11) is 4.81. The van der Waals surface area contributed by atoms with Gasteiger partial charge < -0.3 is 23.7 Å². The van der Waals surface area contributed by atoms with E-state index in [2.05, 4.69) is 9.55 Å². The van der Waals surface area contributed by atoms with E-state index >= 15 is 0 Å². The van der Waals surface area contributed by atoms with Crippen LogP contribution in [0.3, 0.4) is 0 Å². The lowest BCUT2D eigenvalue weighted by Crippen LogP contribution is -2.40. The Morgan fingerprint density at radius 2 is 1.72 bits per heavy atom. The van der Waals surface area contributed by atoms with Gasteiger partial charge in [0.1, 0.15) is 5.82 Å². The molecule has 8 nitrogen and oxygen atoms in total. The number of rotatable bonds is 7. The van der Waals surface area contributed by atoms with Gasteiger partial charge in [-0.2, -0.15) is 0 Å². The molecule has 8 heteroatoms. The zero-order valence-corrected chi connectivity index (χ0v) is 20.9. The summed E-state index contributed by atoms with van der Waals surface area (Å²) in [5.74, 6) is 2.84. The number of carbonyl (C=O) groups is 2. The molecule has 1 fully saturated rings. The molecule has 3 aromatic rings. The van der Waals surface area contributed by atoms with Gasteiger partial charge in [0.2, 0.25) is 11.7 Å². The standard InChI is InChI=1S/C28H31N3O5/c1-34-24-14-18(15-25(35-2)26(24)36-3)17-31-13-10-29-27(31)19-8-11-30(12-9-19)28(33)22-16-23(32)21-7-5-4-6-20(21)22/h4-7,10,13-15,19,22H,8-9,11-12,16-17H2,1-3H3. The van der Waals surface area contributed by atoms with Crippen molar-refractivity contribution in [3.8, 4) is 17.2 Å². The number of fused-ring (bicyclic) bond motifs is 1. The van der Waals surface area contributed by atoms with Gasteiger partial charge in [-0.25, -0.2) is 4.98 Å². The number of amides is 1. The molecule has 188 valence electrons. The number of methoxy groups -OCH3 is 3. The Morgan fingerprint density at radius 3 is 2.39 bits per heavy atom. The minimum Gasteiger partial charge on any atom is -0.493 e. The van der Waals surface area contributed by atoms with Crippen LogP contribution in [-0.4, -0.2) is 60.6 Å².